The summed E-state index contributed by atoms with van der Waals surface area (Å²) in [6, 6.07) is 10.0. The van der Waals surface area contributed by atoms with Crippen LogP contribution in [0.3, 0.4) is 0 Å². The number of carbonyl (C=O) groups excluding carboxylic acids is 1. The van der Waals surface area contributed by atoms with Crippen molar-refractivity contribution in [2.75, 3.05) is 0 Å². The molecule has 0 saturated heterocycles. The van der Waals surface area contributed by atoms with Gasteiger partial charge >= 0.3 is 0 Å². The highest BCUT2D eigenvalue weighted by Crippen LogP contribution is 2.10. The summed E-state index contributed by atoms with van der Waals surface area (Å²) in [4.78, 5) is 10.8. The van der Waals surface area contributed by atoms with Crippen molar-refractivity contribution in [1.29, 1.82) is 0 Å². The first-order chi connectivity index (χ1) is 7.29. The van der Waals surface area contributed by atoms with E-state index in [2.05, 4.69) is 5.10 Å². The van der Waals surface area contributed by atoms with Gasteiger partial charge in [0, 0.05) is 19.7 Å². The van der Waals surface area contributed by atoms with E-state index in [9.17, 15) is 4.79 Å². The van der Waals surface area contributed by atoms with Crippen molar-refractivity contribution < 1.29 is 4.79 Å². The molecule has 1 aromatic carbocycles. The van der Waals surface area contributed by atoms with Crippen molar-refractivity contribution in [3.8, 4) is 0 Å². The minimum atomic E-state index is 0.668. The number of carbonyl (C=O) groups is 1. The van der Waals surface area contributed by atoms with Gasteiger partial charge in [-0.3, -0.25) is 9.48 Å². The van der Waals surface area contributed by atoms with Crippen LogP contribution in [0, 0.1) is 0 Å². The predicted octanol–water partition coefficient (Wildman–Crippen LogP) is 1.82. The molecule has 15 heavy (non-hydrogen) atoms. The highest BCUT2D eigenvalue weighted by atomic mass is 16.1. The Kier molecular flexibility index (Phi) is 2.63. The van der Waals surface area contributed by atoms with E-state index in [1.54, 1.807) is 10.9 Å². The first-order valence-corrected chi connectivity index (χ1v) is 4.81. The minimum absolute atomic E-state index is 0.668. The second-order valence-electron chi connectivity index (χ2n) is 3.49. The van der Waals surface area contributed by atoms with E-state index in [-0.39, 0.29) is 0 Å². The number of aromatic nitrogens is 2. The monoisotopic (exact) mass is 200 g/mol. The van der Waals surface area contributed by atoms with Gasteiger partial charge in [-0.2, -0.15) is 5.10 Å². The lowest BCUT2D eigenvalue weighted by molar-refractivity contribution is 0.112. The topological polar surface area (TPSA) is 34.9 Å². The zero-order valence-electron chi connectivity index (χ0n) is 8.55. The van der Waals surface area contributed by atoms with Crippen LogP contribution in [-0.2, 0) is 13.5 Å². The van der Waals surface area contributed by atoms with Gasteiger partial charge in [-0.15, -0.1) is 0 Å². The number of benzene rings is 1. The Morgan fingerprint density at radius 3 is 2.73 bits per heavy atom. The maximum absolute atomic E-state index is 10.8. The van der Waals surface area contributed by atoms with Gasteiger partial charge in [0.25, 0.3) is 0 Å². The third kappa shape index (κ3) is 2.13. The Hall–Kier alpha value is -1.90. The molecular weight excluding hydrogens is 188 g/mol. The fraction of sp³-hybridized carbons (Fsp3) is 0.167. The number of aldehydes is 1. The second kappa shape index (κ2) is 4.09. The predicted molar refractivity (Wildman–Crippen MR) is 57.8 cm³/mol. The summed E-state index contributed by atoms with van der Waals surface area (Å²) in [6.07, 6.45) is 3.30. The van der Waals surface area contributed by atoms with Crippen LogP contribution in [0.15, 0.2) is 36.5 Å². The summed E-state index contributed by atoms with van der Waals surface area (Å²) >= 11 is 0. The van der Waals surface area contributed by atoms with Crippen LogP contribution >= 0.6 is 0 Å². The van der Waals surface area contributed by atoms with E-state index in [4.69, 9.17) is 0 Å². The molecular formula is C12H12N2O. The highest BCUT2D eigenvalue weighted by Gasteiger charge is 2.06. The first-order valence-electron chi connectivity index (χ1n) is 4.81. The van der Waals surface area contributed by atoms with Crippen LogP contribution in [0.4, 0.5) is 0 Å². The maximum atomic E-state index is 10.8. The zero-order chi connectivity index (χ0) is 10.7. The maximum Gasteiger partial charge on any atom is 0.153 e. The summed E-state index contributed by atoms with van der Waals surface area (Å²) in [5.74, 6) is 0. The van der Waals surface area contributed by atoms with Crippen LogP contribution in [0.1, 0.15) is 21.6 Å². The SMILES string of the molecule is Cn1cc(C=O)c(Cc2ccccc2)n1. The molecule has 1 aromatic heterocycles. The number of nitrogens with zero attached hydrogens (tertiary/aromatic N) is 2. The Morgan fingerprint density at radius 2 is 2.07 bits per heavy atom. The van der Waals surface area contributed by atoms with Gasteiger partial charge in [-0.25, -0.2) is 0 Å². The molecule has 1 heterocycles. The van der Waals surface area contributed by atoms with Crippen LogP contribution in [0.2, 0.25) is 0 Å². The number of hydrogen-bond donors (Lipinski definition) is 0. The van der Waals surface area contributed by atoms with E-state index in [1.807, 2.05) is 37.4 Å². The van der Waals surface area contributed by atoms with E-state index >= 15 is 0 Å². The number of aryl methyl sites for hydroxylation is 1. The molecule has 2 rings (SSSR count). The molecule has 0 amide bonds. The van der Waals surface area contributed by atoms with E-state index in [1.165, 1.54) is 5.56 Å². The van der Waals surface area contributed by atoms with Crippen LogP contribution in [0.5, 0.6) is 0 Å². The highest BCUT2D eigenvalue weighted by molar-refractivity contribution is 5.76. The van der Waals surface area contributed by atoms with Gasteiger partial charge in [0.05, 0.1) is 11.3 Å². The quantitative estimate of drug-likeness (QED) is 0.708. The summed E-state index contributed by atoms with van der Waals surface area (Å²) in [7, 11) is 1.82. The van der Waals surface area contributed by atoms with Crippen molar-refractivity contribution in [2.24, 2.45) is 7.05 Å². The third-order valence-corrected chi connectivity index (χ3v) is 2.28. The lowest BCUT2D eigenvalue weighted by Gasteiger charge is -1.97. The molecule has 0 bridgehead atoms. The minimum Gasteiger partial charge on any atom is -0.298 e. The molecule has 3 nitrogen and oxygen atoms in total. The smallest absolute Gasteiger partial charge is 0.153 e. The molecule has 2 aromatic rings. The fourth-order valence-corrected chi connectivity index (χ4v) is 1.58. The summed E-state index contributed by atoms with van der Waals surface area (Å²) in [5.41, 5.74) is 2.67. The summed E-state index contributed by atoms with van der Waals surface area (Å²) < 4.78 is 1.67. The molecule has 0 N–H and O–H groups in total. The van der Waals surface area contributed by atoms with Gasteiger partial charge in [-0.1, -0.05) is 30.3 Å². The lowest BCUT2D eigenvalue weighted by Crippen LogP contribution is -1.94. The zero-order valence-corrected chi connectivity index (χ0v) is 8.55. The summed E-state index contributed by atoms with van der Waals surface area (Å²) in [5, 5.41) is 4.26. The Balaban J connectivity index is 2.28. The average Bonchev–Trinajstić information content (AvgIpc) is 2.60. The Bertz CT molecular complexity index is 460. The van der Waals surface area contributed by atoms with Crippen molar-refractivity contribution in [3.05, 3.63) is 53.3 Å². The van der Waals surface area contributed by atoms with E-state index < -0.39 is 0 Å². The normalized spacial score (nSPS) is 10.2. The van der Waals surface area contributed by atoms with Crippen molar-refractivity contribution in [3.63, 3.8) is 0 Å². The molecule has 0 atom stereocenters. The standard InChI is InChI=1S/C12H12N2O/c1-14-8-11(9-15)12(13-14)7-10-5-3-2-4-6-10/h2-6,8-9H,7H2,1H3. The Morgan fingerprint density at radius 1 is 1.33 bits per heavy atom. The van der Waals surface area contributed by atoms with Gasteiger partial charge in [0.1, 0.15) is 0 Å². The van der Waals surface area contributed by atoms with Crippen molar-refractivity contribution >= 4 is 6.29 Å². The molecule has 0 aliphatic carbocycles. The average molecular weight is 200 g/mol. The molecule has 0 radical (unpaired) electrons. The van der Waals surface area contributed by atoms with Crippen LogP contribution in [-0.4, -0.2) is 16.1 Å². The molecule has 0 aliphatic heterocycles. The molecule has 0 fully saturated rings. The molecule has 0 spiro atoms. The molecule has 76 valence electrons. The van der Waals surface area contributed by atoms with Gasteiger partial charge < -0.3 is 0 Å². The van der Waals surface area contributed by atoms with Crippen molar-refractivity contribution in [2.45, 2.75) is 6.42 Å². The van der Waals surface area contributed by atoms with E-state index in [0.717, 1.165) is 12.0 Å². The molecule has 0 saturated carbocycles. The van der Waals surface area contributed by atoms with Gasteiger partial charge in [0.2, 0.25) is 0 Å². The lowest BCUT2D eigenvalue weighted by atomic mass is 10.1. The number of rotatable bonds is 3. The summed E-state index contributed by atoms with van der Waals surface area (Å²) in [6.45, 7) is 0. The molecule has 3 heteroatoms. The fourth-order valence-electron chi connectivity index (χ4n) is 1.58. The van der Waals surface area contributed by atoms with Crippen LogP contribution < -0.4 is 0 Å². The molecule has 0 aliphatic rings. The largest absolute Gasteiger partial charge is 0.298 e. The second-order valence-corrected chi connectivity index (χ2v) is 3.49. The number of hydrogen-bond acceptors (Lipinski definition) is 2. The van der Waals surface area contributed by atoms with E-state index in [0.29, 0.717) is 12.0 Å². The first kappa shape index (κ1) is 9.65. The molecule has 0 unspecified atom stereocenters. The Labute approximate surface area is 88.4 Å². The van der Waals surface area contributed by atoms with Crippen LogP contribution in [0.25, 0.3) is 0 Å². The van der Waals surface area contributed by atoms with Gasteiger partial charge in [-0.05, 0) is 5.56 Å². The van der Waals surface area contributed by atoms with Gasteiger partial charge in [0.15, 0.2) is 6.29 Å². The third-order valence-electron chi connectivity index (χ3n) is 2.28. The van der Waals surface area contributed by atoms with Crippen molar-refractivity contribution in [1.82, 2.24) is 9.78 Å².